The number of fused-ring (bicyclic) bond motifs is 1. The van der Waals surface area contributed by atoms with Crippen molar-refractivity contribution in [1.29, 1.82) is 0 Å². The molecule has 0 unspecified atom stereocenters. The van der Waals surface area contributed by atoms with Crippen molar-refractivity contribution in [1.82, 2.24) is 9.78 Å². The normalized spacial score (nSPS) is 12.8. The first kappa shape index (κ1) is 16.0. The Balaban J connectivity index is 1.81. The van der Waals surface area contributed by atoms with Crippen molar-refractivity contribution < 1.29 is 0 Å². The highest BCUT2D eigenvalue weighted by atomic mass is 35.5. The van der Waals surface area contributed by atoms with Gasteiger partial charge in [-0.3, -0.25) is 0 Å². The van der Waals surface area contributed by atoms with Gasteiger partial charge in [-0.05, 0) is 43.2 Å². The van der Waals surface area contributed by atoms with Gasteiger partial charge in [-0.15, -0.1) is 0 Å². The van der Waals surface area contributed by atoms with Crippen LogP contribution in [0.15, 0.2) is 42.5 Å². The molecule has 3 aromatic rings. The van der Waals surface area contributed by atoms with E-state index in [4.69, 9.17) is 16.7 Å². The van der Waals surface area contributed by atoms with Crippen LogP contribution in [0, 0.1) is 6.92 Å². The maximum atomic E-state index is 6.32. The molecule has 2 heterocycles. The first-order chi connectivity index (χ1) is 12.0. The molecule has 0 bridgehead atoms. The van der Waals surface area contributed by atoms with E-state index in [0.717, 1.165) is 46.3 Å². The summed E-state index contributed by atoms with van der Waals surface area (Å²) in [6, 6.07) is 14.6. The number of nitrogens with zero attached hydrogens (tertiary/aromatic N) is 3. The smallest absolute Gasteiger partial charge is 0.133 e. The fourth-order valence-corrected chi connectivity index (χ4v) is 3.40. The highest BCUT2D eigenvalue weighted by Gasteiger charge is 2.24. The van der Waals surface area contributed by atoms with Crippen molar-refractivity contribution >= 4 is 23.1 Å². The molecule has 2 aromatic carbocycles. The highest BCUT2D eigenvalue weighted by molar-refractivity contribution is 6.31. The predicted molar refractivity (Wildman–Crippen MR) is 105 cm³/mol. The van der Waals surface area contributed by atoms with E-state index in [9.17, 15) is 0 Å². The molecule has 4 nitrogen and oxygen atoms in total. The van der Waals surface area contributed by atoms with E-state index in [0.29, 0.717) is 0 Å². The lowest BCUT2D eigenvalue weighted by Crippen LogP contribution is -2.08. The highest BCUT2D eigenvalue weighted by Crippen LogP contribution is 2.35. The average Bonchev–Trinajstić information content (AvgIpc) is 3.20. The molecule has 25 heavy (non-hydrogen) atoms. The summed E-state index contributed by atoms with van der Waals surface area (Å²) in [4.78, 5) is 2.10. The van der Waals surface area contributed by atoms with Gasteiger partial charge in [0.25, 0.3) is 0 Å². The van der Waals surface area contributed by atoms with Gasteiger partial charge < -0.3 is 10.2 Å². The predicted octanol–water partition coefficient (Wildman–Crippen LogP) is 4.54. The Morgan fingerprint density at radius 3 is 2.56 bits per heavy atom. The van der Waals surface area contributed by atoms with Crippen molar-refractivity contribution in [3.05, 3.63) is 58.6 Å². The van der Waals surface area contributed by atoms with Crippen LogP contribution in [0.3, 0.4) is 0 Å². The van der Waals surface area contributed by atoms with Crippen molar-refractivity contribution in [2.75, 3.05) is 30.9 Å². The van der Waals surface area contributed by atoms with Gasteiger partial charge in [-0.25, -0.2) is 4.68 Å². The molecule has 4 rings (SSSR count). The molecule has 0 saturated heterocycles. The molecule has 0 amide bonds. The van der Waals surface area contributed by atoms with Crippen molar-refractivity contribution in [3.8, 4) is 16.9 Å². The summed E-state index contributed by atoms with van der Waals surface area (Å²) < 4.78 is 1.98. The second kappa shape index (κ2) is 6.12. The fraction of sp³-hybridized carbons (Fsp3) is 0.250. The van der Waals surface area contributed by atoms with E-state index >= 15 is 0 Å². The van der Waals surface area contributed by atoms with Gasteiger partial charge in [0.15, 0.2) is 0 Å². The van der Waals surface area contributed by atoms with Crippen LogP contribution in [0.1, 0.15) is 11.1 Å². The number of anilines is 2. The van der Waals surface area contributed by atoms with E-state index in [2.05, 4.69) is 40.5 Å². The fourth-order valence-electron chi connectivity index (χ4n) is 3.22. The minimum atomic E-state index is 0.761. The molecule has 1 aliphatic rings. The summed E-state index contributed by atoms with van der Waals surface area (Å²) in [6.07, 6.45) is 0.986. The van der Waals surface area contributed by atoms with Gasteiger partial charge in [0.2, 0.25) is 0 Å². The zero-order valence-electron chi connectivity index (χ0n) is 14.7. The molecule has 0 aliphatic carbocycles. The number of hydrogen-bond donors (Lipinski definition) is 1. The molecule has 5 heteroatoms. The molecule has 1 aromatic heterocycles. The molecule has 1 N–H and O–H groups in total. The van der Waals surface area contributed by atoms with Crippen molar-refractivity contribution in [2.24, 2.45) is 0 Å². The minimum Gasteiger partial charge on any atom is -0.378 e. The molecule has 128 valence electrons. The molecule has 1 aliphatic heterocycles. The Morgan fingerprint density at radius 1 is 1.12 bits per heavy atom. The lowest BCUT2D eigenvalue weighted by Gasteiger charge is -2.12. The number of rotatable bonds is 3. The Hall–Kier alpha value is -2.46. The van der Waals surface area contributed by atoms with Crippen LogP contribution in [0.25, 0.3) is 16.9 Å². The number of halogens is 1. The Bertz CT molecular complexity index is 926. The third-order valence-electron chi connectivity index (χ3n) is 4.71. The summed E-state index contributed by atoms with van der Waals surface area (Å²) in [5.74, 6) is 1.08. The molecule has 0 radical (unpaired) electrons. The van der Waals surface area contributed by atoms with E-state index in [1.165, 1.54) is 11.3 Å². The summed E-state index contributed by atoms with van der Waals surface area (Å²) in [5, 5.41) is 9.13. The molecule has 0 fully saturated rings. The van der Waals surface area contributed by atoms with Crippen LogP contribution in [0.4, 0.5) is 11.5 Å². The summed E-state index contributed by atoms with van der Waals surface area (Å²) in [6.45, 7) is 2.95. The Kier molecular flexibility index (Phi) is 3.92. The number of nitrogens with one attached hydrogen (secondary N) is 1. The summed E-state index contributed by atoms with van der Waals surface area (Å²) >= 11 is 6.32. The second-order valence-electron chi connectivity index (χ2n) is 6.64. The first-order valence-corrected chi connectivity index (χ1v) is 8.82. The lowest BCUT2D eigenvalue weighted by molar-refractivity contribution is 0.882. The van der Waals surface area contributed by atoms with Crippen molar-refractivity contribution in [2.45, 2.75) is 13.3 Å². The topological polar surface area (TPSA) is 33.1 Å². The van der Waals surface area contributed by atoms with Crippen LogP contribution >= 0.6 is 11.6 Å². The van der Waals surface area contributed by atoms with E-state index < -0.39 is 0 Å². The number of benzene rings is 2. The maximum Gasteiger partial charge on any atom is 0.133 e. The molecule has 0 atom stereocenters. The van der Waals surface area contributed by atoms with E-state index in [1.807, 2.05) is 37.8 Å². The Morgan fingerprint density at radius 2 is 1.88 bits per heavy atom. The van der Waals surface area contributed by atoms with Crippen LogP contribution in [-0.4, -0.2) is 30.4 Å². The quantitative estimate of drug-likeness (QED) is 0.751. The average molecular weight is 353 g/mol. The number of hydrogen-bond acceptors (Lipinski definition) is 3. The van der Waals surface area contributed by atoms with Gasteiger partial charge in [0.05, 0.1) is 11.4 Å². The van der Waals surface area contributed by atoms with Crippen LogP contribution in [-0.2, 0) is 6.42 Å². The Labute approximate surface area is 153 Å². The molecule has 0 saturated carbocycles. The first-order valence-electron chi connectivity index (χ1n) is 8.44. The zero-order chi connectivity index (χ0) is 17.6. The SMILES string of the molecule is Cc1ccc(-n2nc(-c3ccc(N(C)C)cc3)c3c2NCC3)cc1Cl. The van der Waals surface area contributed by atoms with Crippen LogP contribution in [0.2, 0.25) is 5.02 Å². The minimum absolute atomic E-state index is 0.761. The molecular formula is C20H21ClN4. The summed E-state index contributed by atoms with van der Waals surface area (Å²) in [5.41, 5.74) is 6.70. The summed E-state index contributed by atoms with van der Waals surface area (Å²) in [7, 11) is 4.10. The van der Waals surface area contributed by atoms with Gasteiger partial charge in [0.1, 0.15) is 5.82 Å². The largest absolute Gasteiger partial charge is 0.378 e. The standard InChI is InChI=1S/C20H21ClN4/c1-13-4-7-16(12-18(13)21)25-20-17(10-11-22-20)19(23-25)14-5-8-15(9-6-14)24(2)3/h4-9,12,22H,10-11H2,1-3H3. The number of aryl methyl sites for hydroxylation is 1. The monoisotopic (exact) mass is 352 g/mol. The number of aromatic nitrogens is 2. The van der Waals surface area contributed by atoms with Crippen LogP contribution < -0.4 is 10.2 Å². The molecule has 0 spiro atoms. The third-order valence-corrected chi connectivity index (χ3v) is 5.12. The third kappa shape index (κ3) is 2.76. The van der Waals surface area contributed by atoms with Gasteiger partial charge in [-0.2, -0.15) is 5.10 Å². The van der Waals surface area contributed by atoms with E-state index in [-0.39, 0.29) is 0 Å². The van der Waals surface area contributed by atoms with Gasteiger partial charge in [-0.1, -0.05) is 29.8 Å². The zero-order valence-corrected chi connectivity index (χ0v) is 15.4. The second-order valence-corrected chi connectivity index (χ2v) is 7.05. The van der Waals surface area contributed by atoms with E-state index in [1.54, 1.807) is 0 Å². The lowest BCUT2D eigenvalue weighted by atomic mass is 10.1. The van der Waals surface area contributed by atoms with Crippen LogP contribution in [0.5, 0.6) is 0 Å². The molecular weight excluding hydrogens is 332 g/mol. The van der Waals surface area contributed by atoms with Crippen molar-refractivity contribution in [3.63, 3.8) is 0 Å². The van der Waals surface area contributed by atoms with Gasteiger partial charge >= 0.3 is 0 Å². The maximum absolute atomic E-state index is 6.32. The van der Waals surface area contributed by atoms with Gasteiger partial charge in [0, 0.05) is 42.5 Å².